The Labute approximate surface area is 73.0 Å². The Kier molecular flexibility index (Phi) is 2.63. The smallest absolute Gasteiger partial charge is 0.130 e. The highest BCUT2D eigenvalue weighted by atomic mass is 14.9. The van der Waals surface area contributed by atoms with Gasteiger partial charge in [-0.3, -0.25) is 0 Å². The second kappa shape index (κ2) is 3.52. The first kappa shape index (κ1) is 8.97. The summed E-state index contributed by atoms with van der Waals surface area (Å²) in [6.45, 7) is 6.02. The van der Waals surface area contributed by atoms with Crippen molar-refractivity contribution in [3.63, 3.8) is 0 Å². The topological polar surface area (TPSA) is 51.8 Å². The Morgan fingerprint density at radius 2 is 1.92 bits per heavy atom. The summed E-state index contributed by atoms with van der Waals surface area (Å²) in [5.41, 5.74) is 7.69. The van der Waals surface area contributed by atoms with Gasteiger partial charge >= 0.3 is 0 Å². The van der Waals surface area contributed by atoms with Gasteiger partial charge in [-0.1, -0.05) is 6.92 Å². The minimum atomic E-state index is 0.617. The molecule has 2 N–H and O–H groups in total. The highest BCUT2D eigenvalue weighted by Gasteiger charge is 2.03. The first-order valence-corrected chi connectivity index (χ1v) is 4.24. The summed E-state index contributed by atoms with van der Waals surface area (Å²) in [5, 5.41) is 0. The molecule has 0 saturated carbocycles. The lowest BCUT2D eigenvalue weighted by molar-refractivity contribution is 0.823. The molecule has 0 aromatic carbocycles. The normalized spacial score (nSPS) is 10.2. The fourth-order valence-electron chi connectivity index (χ4n) is 1.05. The van der Waals surface area contributed by atoms with Crippen LogP contribution in [-0.2, 0) is 6.42 Å². The summed E-state index contributed by atoms with van der Waals surface area (Å²) in [5.74, 6) is 1.48. The summed E-state index contributed by atoms with van der Waals surface area (Å²) in [4.78, 5) is 8.52. The predicted molar refractivity (Wildman–Crippen MR) is 49.9 cm³/mol. The molecule has 0 spiro atoms. The average Bonchev–Trinajstić information content (AvgIpc) is 2.01. The molecular formula is C9H15N3. The van der Waals surface area contributed by atoms with E-state index in [1.165, 1.54) is 0 Å². The molecule has 0 atom stereocenters. The van der Waals surface area contributed by atoms with Crippen LogP contribution in [0.2, 0.25) is 0 Å². The van der Waals surface area contributed by atoms with Crippen LogP contribution in [0.15, 0.2) is 0 Å². The quantitative estimate of drug-likeness (QED) is 0.724. The number of rotatable bonds is 2. The number of anilines is 1. The van der Waals surface area contributed by atoms with Crippen molar-refractivity contribution in [1.82, 2.24) is 9.97 Å². The Balaban J connectivity index is 3.04. The SMILES string of the molecule is CCCc1nc(C)c(C)c(N)n1. The number of aromatic nitrogens is 2. The third-order valence-corrected chi connectivity index (χ3v) is 1.95. The summed E-state index contributed by atoms with van der Waals surface area (Å²) in [6.07, 6.45) is 1.97. The maximum atomic E-state index is 5.70. The molecule has 0 unspecified atom stereocenters. The van der Waals surface area contributed by atoms with Gasteiger partial charge in [0, 0.05) is 17.7 Å². The van der Waals surface area contributed by atoms with Crippen LogP contribution in [0.1, 0.15) is 30.4 Å². The molecule has 0 bridgehead atoms. The first-order chi connectivity index (χ1) is 5.65. The van der Waals surface area contributed by atoms with Gasteiger partial charge in [0.1, 0.15) is 11.6 Å². The first-order valence-electron chi connectivity index (χ1n) is 4.24. The van der Waals surface area contributed by atoms with Gasteiger partial charge in [-0.05, 0) is 20.3 Å². The zero-order valence-electron chi connectivity index (χ0n) is 7.89. The number of nitrogen functional groups attached to an aromatic ring is 1. The maximum Gasteiger partial charge on any atom is 0.130 e. The molecule has 0 aliphatic carbocycles. The fourth-order valence-corrected chi connectivity index (χ4v) is 1.05. The molecule has 3 nitrogen and oxygen atoms in total. The zero-order chi connectivity index (χ0) is 9.14. The van der Waals surface area contributed by atoms with Gasteiger partial charge in [-0.2, -0.15) is 0 Å². The van der Waals surface area contributed by atoms with Gasteiger partial charge in [0.2, 0.25) is 0 Å². The van der Waals surface area contributed by atoms with Gasteiger partial charge in [-0.25, -0.2) is 9.97 Å². The Bertz CT molecular complexity index is 258. The molecule has 0 radical (unpaired) electrons. The van der Waals surface area contributed by atoms with E-state index >= 15 is 0 Å². The molecular weight excluding hydrogens is 150 g/mol. The third kappa shape index (κ3) is 1.72. The number of hydrogen-bond acceptors (Lipinski definition) is 3. The summed E-state index contributed by atoms with van der Waals surface area (Å²) >= 11 is 0. The molecule has 12 heavy (non-hydrogen) atoms. The van der Waals surface area contributed by atoms with Crippen LogP contribution in [-0.4, -0.2) is 9.97 Å². The van der Waals surface area contributed by atoms with Gasteiger partial charge in [0.05, 0.1) is 0 Å². The number of aryl methyl sites for hydroxylation is 2. The lowest BCUT2D eigenvalue weighted by Crippen LogP contribution is -2.04. The number of nitrogens with two attached hydrogens (primary N) is 1. The van der Waals surface area contributed by atoms with Crippen molar-refractivity contribution >= 4 is 5.82 Å². The largest absolute Gasteiger partial charge is 0.383 e. The molecule has 1 heterocycles. The van der Waals surface area contributed by atoms with Gasteiger partial charge in [0.15, 0.2) is 0 Å². The Hall–Kier alpha value is -1.12. The van der Waals surface area contributed by atoms with Crippen molar-refractivity contribution < 1.29 is 0 Å². The highest BCUT2D eigenvalue weighted by molar-refractivity contribution is 5.40. The van der Waals surface area contributed by atoms with Crippen LogP contribution < -0.4 is 5.73 Å². The minimum absolute atomic E-state index is 0.617. The van der Waals surface area contributed by atoms with Crippen LogP contribution in [0, 0.1) is 13.8 Å². The van der Waals surface area contributed by atoms with E-state index in [0.29, 0.717) is 5.82 Å². The van der Waals surface area contributed by atoms with Crippen LogP contribution in [0.3, 0.4) is 0 Å². The lowest BCUT2D eigenvalue weighted by Gasteiger charge is -2.05. The molecule has 1 rings (SSSR count). The van der Waals surface area contributed by atoms with E-state index < -0.39 is 0 Å². The monoisotopic (exact) mass is 165 g/mol. The second-order valence-corrected chi connectivity index (χ2v) is 2.99. The Morgan fingerprint density at radius 3 is 2.42 bits per heavy atom. The van der Waals surface area contributed by atoms with Crippen LogP contribution in [0.5, 0.6) is 0 Å². The van der Waals surface area contributed by atoms with E-state index in [9.17, 15) is 0 Å². The predicted octanol–water partition coefficient (Wildman–Crippen LogP) is 1.63. The van der Waals surface area contributed by atoms with Crippen molar-refractivity contribution in [3.05, 3.63) is 17.1 Å². The van der Waals surface area contributed by atoms with E-state index in [2.05, 4.69) is 16.9 Å². The second-order valence-electron chi connectivity index (χ2n) is 2.99. The summed E-state index contributed by atoms with van der Waals surface area (Å²) in [7, 11) is 0. The van der Waals surface area contributed by atoms with Crippen molar-refractivity contribution in [3.8, 4) is 0 Å². The van der Waals surface area contributed by atoms with E-state index in [4.69, 9.17) is 5.73 Å². The van der Waals surface area contributed by atoms with Crippen molar-refractivity contribution in [2.24, 2.45) is 0 Å². The van der Waals surface area contributed by atoms with Crippen molar-refractivity contribution in [2.75, 3.05) is 5.73 Å². The summed E-state index contributed by atoms with van der Waals surface area (Å²) < 4.78 is 0. The van der Waals surface area contributed by atoms with Crippen LogP contribution in [0.4, 0.5) is 5.82 Å². The molecule has 66 valence electrons. The molecule has 0 aliphatic heterocycles. The minimum Gasteiger partial charge on any atom is -0.383 e. The standard InChI is InChI=1S/C9H15N3/c1-4-5-8-11-7(3)6(2)9(10)12-8/h4-5H2,1-3H3,(H2,10,11,12). The maximum absolute atomic E-state index is 5.70. The van der Waals surface area contributed by atoms with Gasteiger partial charge in [-0.15, -0.1) is 0 Å². The molecule has 1 aromatic heterocycles. The molecule has 0 amide bonds. The highest BCUT2D eigenvalue weighted by Crippen LogP contribution is 2.11. The summed E-state index contributed by atoms with van der Waals surface area (Å²) in [6, 6.07) is 0. The van der Waals surface area contributed by atoms with E-state index in [1.807, 2.05) is 13.8 Å². The number of nitrogens with zero attached hydrogens (tertiary/aromatic N) is 2. The van der Waals surface area contributed by atoms with Gasteiger partial charge < -0.3 is 5.73 Å². The molecule has 1 aromatic rings. The third-order valence-electron chi connectivity index (χ3n) is 1.95. The molecule has 0 fully saturated rings. The Morgan fingerprint density at radius 1 is 1.25 bits per heavy atom. The molecule has 0 saturated heterocycles. The van der Waals surface area contributed by atoms with Gasteiger partial charge in [0.25, 0.3) is 0 Å². The van der Waals surface area contributed by atoms with E-state index in [1.54, 1.807) is 0 Å². The fraction of sp³-hybridized carbons (Fsp3) is 0.556. The van der Waals surface area contributed by atoms with Crippen molar-refractivity contribution in [2.45, 2.75) is 33.6 Å². The van der Waals surface area contributed by atoms with E-state index in [-0.39, 0.29) is 0 Å². The van der Waals surface area contributed by atoms with Crippen LogP contribution >= 0.6 is 0 Å². The average molecular weight is 165 g/mol. The lowest BCUT2D eigenvalue weighted by atomic mass is 10.2. The molecule has 3 heteroatoms. The number of hydrogen-bond donors (Lipinski definition) is 1. The van der Waals surface area contributed by atoms with Crippen LogP contribution in [0.25, 0.3) is 0 Å². The zero-order valence-corrected chi connectivity index (χ0v) is 7.89. The molecule has 0 aliphatic rings. The van der Waals surface area contributed by atoms with E-state index in [0.717, 1.165) is 29.9 Å². The van der Waals surface area contributed by atoms with Crippen molar-refractivity contribution in [1.29, 1.82) is 0 Å².